The van der Waals surface area contributed by atoms with Gasteiger partial charge in [0, 0.05) is 6.54 Å². The molecule has 0 aliphatic carbocycles. The predicted octanol–water partition coefficient (Wildman–Crippen LogP) is 4.88. The summed E-state index contributed by atoms with van der Waals surface area (Å²) in [7, 11) is 0. The molecule has 0 aromatic heterocycles. The summed E-state index contributed by atoms with van der Waals surface area (Å²) in [6.07, 6.45) is 12.3. The van der Waals surface area contributed by atoms with Crippen molar-refractivity contribution in [1.82, 2.24) is 0 Å². The van der Waals surface area contributed by atoms with Gasteiger partial charge < -0.3 is 5.11 Å². The fraction of sp³-hybridized carbons (Fsp3) is 0.526. The van der Waals surface area contributed by atoms with Crippen LogP contribution in [0.1, 0.15) is 46.0 Å². The van der Waals surface area contributed by atoms with Crippen LogP contribution >= 0.6 is 0 Å². The Morgan fingerprint density at radius 1 is 1.29 bits per heavy atom. The van der Waals surface area contributed by atoms with Crippen molar-refractivity contribution in [3.63, 3.8) is 0 Å². The SMILES string of the molecule is C=CCC(C=CCC(=C)C(=C)CC)CN=CCCC(C)O. The number of hydrogen-bond donors (Lipinski definition) is 1. The lowest BCUT2D eigenvalue weighted by molar-refractivity contribution is 0.187. The third-order valence-electron chi connectivity index (χ3n) is 3.35. The summed E-state index contributed by atoms with van der Waals surface area (Å²) in [5.74, 6) is 0.382. The second kappa shape index (κ2) is 12.3. The number of nitrogens with zero attached hydrogens (tertiary/aromatic N) is 1. The Hall–Kier alpha value is -1.41. The van der Waals surface area contributed by atoms with E-state index in [2.05, 4.69) is 43.8 Å². The first-order valence-electron chi connectivity index (χ1n) is 7.81. The van der Waals surface area contributed by atoms with E-state index in [1.54, 1.807) is 6.92 Å². The molecule has 21 heavy (non-hydrogen) atoms. The summed E-state index contributed by atoms with van der Waals surface area (Å²) in [4.78, 5) is 4.44. The second-order valence-electron chi connectivity index (χ2n) is 5.45. The standard InChI is InChI=1S/C19H31NO/c1-6-10-19(15-20-14-9-12-18(5)21)13-8-11-17(4)16(3)7-2/h6,8,13-14,18-19,21H,1,3-4,7,9-12,15H2,2,5H3. The second-order valence-corrected chi connectivity index (χ2v) is 5.45. The average Bonchev–Trinajstić information content (AvgIpc) is 2.45. The minimum atomic E-state index is -0.252. The molecule has 0 aromatic rings. The Bertz CT molecular complexity index is 377. The van der Waals surface area contributed by atoms with Gasteiger partial charge in [0.15, 0.2) is 0 Å². The molecule has 0 saturated carbocycles. The van der Waals surface area contributed by atoms with Crippen LogP contribution in [-0.4, -0.2) is 24.0 Å². The molecule has 2 atom stereocenters. The van der Waals surface area contributed by atoms with Crippen LogP contribution in [0.25, 0.3) is 0 Å². The van der Waals surface area contributed by atoms with Gasteiger partial charge in [-0.15, -0.1) is 6.58 Å². The molecule has 118 valence electrons. The zero-order chi connectivity index (χ0) is 16.1. The van der Waals surface area contributed by atoms with E-state index in [9.17, 15) is 5.11 Å². The summed E-state index contributed by atoms with van der Waals surface area (Å²) >= 11 is 0. The first kappa shape index (κ1) is 19.6. The quantitative estimate of drug-likeness (QED) is 0.310. The summed E-state index contributed by atoms with van der Waals surface area (Å²) in [5, 5.41) is 9.18. The minimum absolute atomic E-state index is 0.252. The Morgan fingerprint density at radius 3 is 2.57 bits per heavy atom. The van der Waals surface area contributed by atoms with Gasteiger partial charge in [0.2, 0.25) is 0 Å². The highest BCUT2D eigenvalue weighted by molar-refractivity contribution is 5.57. The number of aliphatic hydroxyl groups is 1. The van der Waals surface area contributed by atoms with Crippen LogP contribution in [0.5, 0.6) is 0 Å². The van der Waals surface area contributed by atoms with E-state index in [4.69, 9.17) is 0 Å². The van der Waals surface area contributed by atoms with Gasteiger partial charge in [-0.25, -0.2) is 0 Å². The molecule has 0 rings (SSSR count). The number of aliphatic imine (C=N–C) groups is 1. The molecule has 1 N–H and O–H groups in total. The molecule has 0 amide bonds. The van der Waals surface area contributed by atoms with Crippen molar-refractivity contribution in [1.29, 1.82) is 0 Å². The van der Waals surface area contributed by atoms with Crippen LogP contribution < -0.4 is 0 Å². The summed E-state index contributed by atoms with van der Waals surface area (Å²) < 4.78 is 0. The van der Waals surface area contributed by atoms with Gasteiger partial charge in [0.05, 0.1) is 6.10 Å². The topological polar surface area (TPSA) is 32.6 Å². The maximum Gasteiger partial charge on any atom is 0.0515 e. The molecule has 0 spiro atoms. The van der Waals surface area contributed by atoms with Gasteiger partial charge in [-0.05, 0) is 56.7 Å². The Kier molecular flexibility index (Phi) is 11.5. The smallest absolute Gasteiger partial charge is 0.0515 e. The van der Waals surface area contributed by atoms with Gasteiger partial charge in [-0.3, -0.25) is 4.99 Å². The van der Waals surface area contributed by atoms with Gasteiger partial charge in [0.25, 0.3) is 0 Å². The third-order valence-corrected chi connectivity index (χ3v) is 3.35. The molecule has 2 unspecified atom stereocenters. The molecule has 2 heteroatoms. The lowest BCUT2D eigenvalue weighted by atomic mass is 10.0. The van der Waals surface area contributed by atoms with Gasteiger partial charge in [-0.1, -0.05) is 43.9 Å². The molecule has 0 aliphatic heterocycles. The van der Waals surface area contributed by atoms with E-state index in [0.29, 0.717) is 5.92 Å². The lowest BCUT2D eigenvalue weighted by Gasteiger charge is -2.08. The van der Waals surface area contributed by atoms with Crippen molar-refractivity contribution in [3.05, 3.63) is 49.1 Å². The van der Waals surface area contributed by atoms with Crippen molar-refractivity contribution in [2.75, 3.05) is 6.54 Å². The molecular formula is C19H31NO. The zero-order valence-electron chi connectivity index (χ0n) is 13.7. The van der Waals surface area contributed by atoms with Crippen molar-refractivity contribution >= 4 is 6.21 Å². The number of rotatable bonds is 12. The first-order chi connectivity index (χ1) is 10.0. The van der Waals surface area contributed by atoms with Crippen LogP contribution in [0.15, 0.2) is 54.1 Å². The predicted molar refractivity (Wildman–Crippen MR) is 94.9 cm³/mol. The monoisotopic (exact) mass is 289 g/mol. The highest BCUT2D eigenvalue weighted by Crippen LogP contribution is 2.15. The minimum Gasteiger partial charge on any atom is -0.393 e. The van der Waals surface area contributed by atoms with E-state index in [0.717, 1.165) is 49.8 Å². The Balaban J connectivity index is 4.20. The number of aliphatic hydroxyl groups excluding tert-OH is 1. The summed E-state index contributed by atoms with van der Waals surface area (Å²) in [6, 6.07) is 0. The van der Waals surface area contributed by atoms with E-state index < -0.39 is 0 Å². The normalized spacial score (nSPS) is 14.4. The van der Waals surface area contributed by atoms with Gasteiger partial charge in [0.1, 0.15) is 0 Å². The lowest BCUT2D eigenvalue weighted by Crippen LogP contribution is -2.02. The fourth-order valence-electron chi connectivity index (χ4n) is 1.84. The molecular weight excluding hydrogens is 258 g/mol. The van der Waals surface area contributed by atoms with Crippen molar-refractivity contribution in [3.8, 4) is 0 Å². The van der Waals surface area contributed by atoms with E-state index in [1.165, 1.54) is 0 Å². The van der Waals surface area contributed by atoms with Crippen molar-refractivity contribution in [2.24, 2.45) is 10.9 Å². The maximum absolute atomic E-state index is 9.18. The van der Waals surface area contributed by atoms with E-state index in [1.807, 2.05) is 12.3 Å². The highest BCUT2D eigenvalue weighted by Gasteiger charge is 2.01. The summed E-state index contributed by atoms with van der Waals surface area (Å²) in [5.41, 5.74) is 2.22. The van der Waals surface area contributed by atoms with Crippen LogP contribution in [0.2, 0.25) is 0 Å². The molecule has 0 aliphatic rings. The van der Waals surface area contributed by atoms with Crippen molar-refractivity contribution in [2.45, 2.75) is 52.1 Å². The highest BCUT2D eigenvalue weighted by atomic mass is 16.3. The number of allylic oxidation sites excluding steroid dienone is 4. The molecule has 0 saturated heterocycles. The molecule has 0 aromatic carbocycles. The Labute approximate surface area is 130 Å². The Morgan fingerprint density at radius 2 is 2.00 bits per heavy atom. The van der Waals surface area contributed by atoms with Crippen LogP contribution in [-0.2, 0) is 0 Å². The van der Waals surface area contributed by atoms with Crippen LogP contribution in [0.3, 0.4) is 0 Å². The molecule has 0 heterocycles. The van der Waals surface area contributed by atoms with Gasteiger partial charge >= 0.3 is 0 Å². The largest absolute Gasteiger partial charge is 0.393 e. The van der Waals surface area contributed by atoms with Crippen LogP contribution in [0.4, 0.5) is 0 Å². The number of hydrogen-bond acceptors (Lipinski definition) is 2. The van der Waals surface area contributed by atoms with Crippen LogP contribution in [0, 0.1) is 5.92 Å². The third kappa shape index (κ3) is 11.0. The summed E-state index contributed by atoms with van der Waals surface area (Å²) in [6.45, 7) is 16.5. The fourth-order valence-corrected chi connectivity index (χ4v) is 1.84. The zero-order valence-corrected chi connectivity index (χ0v) is 13.7. The average molecular weight is 289 g/mol. The molecule has 2 nitrogen and oxygen atoms in total. The molecule has 0 radical (unpaired) electrons. The van der Waals surface area contributed by atoms with Crippen molar-refractivity contribution < 1.29 is 5.11 Å². The molecule has 0 bridgehead atoms. The molecule has 0 fully saturated rings. The van der Waals surface area contributed by atoms with E-state index in [-0.39, 0.29) is 6.10 Å². The van der Waals surface area contributed by atoms with Gasteiger partial charge in [-0.2, -0.15) is 0 Å². The maximum atomic E-state index is 9.18. The van der Waals surface area contributed by atoms with E-state index >= 15 is 0 Å². The first-order valence-corrected chi connectivity index (χ1v) is 7.81.